The zero-order valence-corrected chi connectivity index (χ0v) is 16.5. The molecule has 1 saturated carbocycles. The average molecular weight is 443 g/mol. The van der Waals surface area contributed by atoms with Crippen molar-refractivity contribution < 1.29 is 9.47 Å². The number of ether oxygens (including phenoxy) is 2. The van der Waals surface area contributed by atoms with Gasteiger partial charge in [0.15, 0.2) is 17.5 Å². The van der Waals surface area contributed by atoms with Crippen LogP contribution < -0.4 is 14.8 Å². The van der Waals surface area contributed by atoms with E-state index < -0.39 is 0 Å². The van der Waals surface area contributed by atoms with E-state index in [1.807, 2.05) is 13.1 Å². The predicted molar refractivity (Wildman–Crippen MR) is 106 cm³/mol. The molecule has 1 N–H and O–H groups in total. The molecule has 0 atom stereocenters. The zero-order chi connectivity index (χ0) is 15.7. The normalized spacial score (nSPS) is 20.7. The predicted octanol–water partition coefficient (Wildman–Crippen LogP) is 3.03. The second kappa shape index (κ2) is 7.37. The van der Waals surface area contributed by atoms with Crippen molar-refractivity contribution in [3.05, 3.63) is 23.8 Å². The summed E-state index contributed by atoms with van der Waals surface area (Å²) in [7, 11) is 1.88. The first-order chi connectivity index (χ1) is 11.3. The molecule has 2 aliphatic heterocycles. The van der Waals surface area contributed by atoms with Gasteiger partial charge in [0.25, 0.3) is 0 Å². The minimum Gasteiger partial charge on any atom is -0.454 e. The third kappa shape index (κ3) is 3.43. The molecule has 0 aromatic heterocycles. The molecule has 0 radical (unpaired) electrons. The number of nitrogens with zero attached hydrogens (tertiary/aromatic N) is 2. The van der Waals surface area contributed by atoms with Crippen molar-refractivity contribution in [2.24, 2.45) is 10.4 Å². The summed E-state index contributed by atoms with van der Waals surface area (Å²) in [4.78, 5) is 6.90. The lowest BCUT2D eigenvalue weighted by molar-refractivity contribution is 0.151. The first-order valence-corrected chi connectivity index (χ1v) is 8.62. The van der Waals surface area contributed by atoms with Crippen molar-refractivity contribution >= 4 is 29.9 Å². The molecule has 1 spiro atoms. The third-order valence-corrected chi connectivity index (χ3v) is 5.50. The van der Waals surface area contributed by atoms with Gasteiger partial charge in [-0.25, -0.2) is 0 Å². The van der Waals surface area contributed by atoms with Crippen LogP contribution in [0.25, 0.3) is 0 Å². The van der Waals surface area contributed by atoms with Gasteiger partial charge in [0.2, 0.25) is 6.79 Å². The van der Waals surface area contributed by atoms with Crippen molar-refractivity contribution in [3.8, 4) is 11.5 Å². The van der Waals surface area contributed by atoms with Crippen LogP contribution in [0, 0.1) is 5.41 Å². The number of rotatable bonds is 3. The number of guanidine groups is 1. The van der Waals surface area contributed by atoms with E-state index in [4.69, 9.17) is 9.47 Å². The number of hydrogen-bond donors (Lipinski definition) is 1. The van der Waals surface area contributed by atoms with E-state index in [2.05, 4.69) is 27.3 Å². The highest BCUT2D eigenvalue weighted by Crippen LogP contribution is 2.47. The summed E-state index contributed by atoms with van der Waals surface area (Å²) < 4.78 is 10.8. The van der Waals surface area contributed by atoms with Crippen LogP contribution in [0.2, 0.25) is 0 Å². The van der Waals surface area contributed by atoms with E-state index in [-0.39, 0.29) is 24.0 Å². The first-order valence-electron chi connectivity index (χ1n) is 8.62. The molecular formula is C18H26IN3O2. The number of nitrogens with one attached hydrogen (secondary N) is 1. The maximum atomic E-state index is 5.44. The standard InChI is InChI=1S/C18H25N3O2.HI/c1-19-17(21-10-8-18(12-21)6-2-7-18)20-9-5-14-3-4-15-16(11-14)23-13-22-15;/h3-4,11H,2,5-10,12-13H2,1H3,(H,19,20);1H. The van der Waals surface area contributed by atoms with Gasteiger partial charge in [-0.1, -0.05) is 12.5 Å². The molecule has 5 nitrogen and oxygen atoms in total. The van der Waals surface area contributed by atoms with E-state index in [1.165, 1.54) is 37.8 Å². The van der Waals surface area contributed by atoms with Gasteiger partial charge in [-0.05, 0) is 48.8 Å². The zero-order valence-electron chi connectivity index (χ0n) is 14.2. The molecule has 2 heterocycles. The molecule has 132 valence electrons. The second-order valence-electron chi connectivity index (χ2n) is 6.94. The second-order valence-corrected chi connectivity index (χ2v) is 6.94. The smallest absolute Gasteiger partial charge is 0.231 e. The number of hydrogen-bond acceptors (Lipinski definition) is 3. The fraction of sp³-hybridized carbons (Fsp3) is 0.611. The lowest BCUT2D eigenvalue weighted by Crippen LogP contribution is -2.43. The van der Waals surface area contributed by atoms with Crippen molar-refractivity contribution in [3.63, 3.8) is 0 Å². The van der Waals surface area contributed by atoms with Gasteiger partial charge in [-0.15, -0.1) is 24.0 Å². The summed E-state index contributed by atoms with van der Waals surface area (Å²) in [6.07, 6.45) is 6.49. The Morgan fingerprint density at radius 3 is 2.79 bits per heavy atom. The van der Waals surface area contributed by atoms with Gasteiger partial charge in [0, 0.05) is 26.7 Å². The van der Waals surface area contributed by atoms with Crippen LogP contribution in [-0.4, -0.2) is 44.3 Å². The Morgan fingerprint density at radius 1 is 1.25 bits per heavy atom. The first kappa shape index (κ1) is 17.6. The van der Waals surface area contributed by atoms with Gasteiger partial charge in [0.1, 0.15) is 0 Å². The third-order valence-electron chi connectivity index (χ3n) is 5.50. The molecule has 6 heteroatoms. The highest BCUT2D eigenvalue weighted by atomic mass is 127. The van der Waals surface area contributed by atoms with E-state index in [0.29, 0.717) is 12.2 Å². The van der Waals surface area contributed by atoms with Crippen LogP contribution in [0.15, 0.2) is 23.2 Å². The fourth-order valence-corrected chi connectivity index (χ4v) is 3.95. The monoisotopic (exact) mass is 443 g/mol. The SMILES string of the molecule is CN=C(NCCc1ccc2c(c1)OCO2)N1CCC2(CCC2)C1.I. The quantitative estimate of drug-likeness (QED) is 0.443. The van der Waals surface area contributed by atoms with Gasteiger partial charge < -0.3 is 19.7 Å². The minimum absolute atomic E-state index is 0. The topological polar surface area (TPSA) is 46.1 Å². The number of fused-ring (bicyclic) bond motifs is 1. The molecule has 0 amide bonds. The summed E-state index contributed by atoms with van der Waals surface area (Å²) in [5.41, 5.74) is 1.86. The van der Waals surface area contributed by atoms with E-state index in [1.54, 1.807) is 0 Å². The van der Waals surface area contributed by atoms with Crippen LogP contribution in [0.4, 0.5) is 0 Å². The Morgan fingerprint density at radius 2 is 2.08 bits per heavy atom. The van der Waals surface area contributed by atoms with E-state index in [0.717, 1.165) is 37.0 Å². The minimum atomic E-state index is 0. The highest BCUT2D eigenvalue weighted by Gasteiger charge is 2.43. The van der Waals surface area contributed by atoms with Crippen LogP contribution in [0.3, 0.4) is 0 Å². The van der Waals surface area contributed by atoms with Crippen molar-refractivity contribution in [2.75, 3.05) is 33.5 Å². The number of aliphatic imine (C=N–C) groups is 1. The molecule has 2 fully saturated rings. The van der Waals surface area contributed by atoms with Crippen LogP contribution in [0.1, 0.15) is 31.2 Å². The van der Waals surface area contributed by atoms with E-state index in [9.17, 15) is 0 Å². The molecule has 3 aliphatic rings. The fourth-order valence-electron chi connectivity index (χ4n) is 3.95. The largest absolute Gasteiger partial charge is 0.454 e. The van der Waals surface area contributed by atoms with Gasteiger partial charge in [-0.3, -0.25) is 4.99 Å². The van der Waals surface area contributed by atoms with Gasteiger partial charge in [0.05, 0.1) is 0 Å². The summed E-state index contributed by atoms with van der Waals surface area (Å²) in [5.74, 6) is 2.76. The Hall–Kier alpha value is -1.18. The van der Waals surface area contributed by atoms with Crippen LogP contribution in [0.5, 0.6) is 11.5 Å². The molecule has 1 aliphatic carbocycles. The summed E-state index contributed by atoms with van der Waals surface area (Å²) in [5, 5.41) is 3.52. The van der Waals surface area contributed by atoms with Crippen molar-refractivity contribution in [1.29, 1.82) is 0 Å². The van der Waals surface area contributed by atoms with Crippen LogP contribution >= 0.6 is 24.0 Å². The van der Waals surface area contributed by atoms with E-state index >= 15 is 0 Å². The Balaban J connectivity index is 0.00000169. The summed E-state index contributed by atoms with van der Waals surface area (Å²) in [6, 6.07) is 6.18. The van der Waals surface area contributed by atoms with Crippen molar-refractivity contribution in [1.82, 2.24) is 10.2 Å². The molecule has 4 rings (SSSR count). The summed E-state index contributed by atoms with van der Waals surface area (Å²) in [6.45, 7) is 3.54. The number of likely N-dealkylation sites (tertiary alicyclic amines) is 1. The molecular weight excluding hydrogens is 417 g/mol. The Bertz CT molecular complexity index is 616. The molecule has 24 heavy (non-hydrogen) atoms. The molecule has 1 aromatic rings. The molecule has 0 unspecified atom stereocenters. The molecule has 0 bridgehead atoms. The van der Waals surface area contributed by atoms with Crippen LogP contribution in [-0.2, 0) is 6.42 Å². The average Bonchev–Trinajstić information content (AvgIpc) is 3.17. The maximum Gasteiger partial charge on any atom is 0.231 e. The maximum absolute atomic E-state index is 5.44. The highest BCUT2D eigenvalue weighted by molar-refractivity contribution is 14.0. The Labute approximate surface area is 160 Å². The Kier molecular flexibility index (Phi) is 5.42. The van der Waals surface area contributed by atoms with Gasteiger partial charge in [-0.2, -0.15) is 0 Å². The lowest BCUT2D eigenvalue weighted by atomic mass is 9.68. The summed E-state index contributed by atoms with van der Waals surface area (Å²) >= 11 is 0. The lowest BCUT2D eigenvalue weighted by Gasteiger charge is -2.38. The number of halogens is 1. The van der Waals surface area contributed by atoms with Gasteiger partial charge >= 0.3 is 0 Å². The van der Waals surface area contributed by atoms with Crippen molar-refractivity contribution in [2.45, 2.75) is 32.1 Å². The number of benzene rings is 1. The molecule has 1 saturated heterocycles. The molecule has 1 aromatic carbocycles.